The van der Waals surface area contributed by atoms with Gasteiger partial charge in [0.2, 0.25) is 10.0 Å². The molecule has 2 aromatic carbocycles. The van der Waals surface area contributed by atoms with Gasteiger partial charge in [-0.3, -0.25) is 9.10 Å². The number of nitriles is 1. The van der Waals surface area contributed by atoms with Gasteiger partial charge in [-0.1, -0.05) is 23.7 Å². The van der Waals surface area contributed by atoms with E-state index in [4.69, 9.17) is 16.9 Å². The fourth-order valence-electron chi connectivity index (χ4n) is 2.80. The molecule has 0 bridgehead atoms. The van der Waals surface area contributed by atoms with Crippen molar-refractivity contribution in [1.29, 1.82) is 5.26 Å². The minimum atomic E-state index is -3.35. The number of benzene rings is 2. The van der Waals surface area contributed by atoms with Gasteiger partial charge in [-0.15, -0.1) is 0 Å². The van der Waals surface area contributed by atoms with E-state index in [2.05, 4.69) is 5.32 Å². The molecule has 1 heterocycles. The molecule has 0 aromatic heterocycles. The van der Waals surface area contributed by atoms with Gasteiger partial charge in [0.05, 0.1) is 33.3 Å². The lowest BCUT2D eigenvalue weighted by molar-refractivity contribution is 0.102. The molecular weight excluding hydrogens is 374 g/mol. The monoisotopic (exact) mass is 389 g/mol. The lowest BCUT2D eigenvalue weighted by Gasteiger charge is -2.28. The Bertz CT molecular complexity index is 999. The molecule has 0 radical (unpaired) electrons. The summed E-state index contributed by atoms with van der Waals surface area (Å²) in [4.78, 5) is 12.5. The van der Waals surface area contributed by atoms with Crippen LogP contribution in [0.5, 0.6) is 0 Å². The van der Waals surface area contributed by atoms with Gasteiger partial charge in [0.15, 0.2) is 0 Å². The average molecular weight is 390 g/mol. The maximum atomic E-state index is 12.5. The zero-order chi connectivity index (χ0) is 18.7. The fourth-order valence-corrected chi connectivity index (χ4v) is 4.69. The first-order valence-electron chi connectivity index (χ1n) is 8.03. The van der Waals surface area contributed by atoms with Crippen LogP contribution in [-0.4, -0.2) is 26.6 Å². The molecule has 26 heavy (non-hydrogen) atoms. The summed E-state index contributed by atoms with van der Waals surface area (Å²) in [7, 11) is -3.35. The number of hydrogen-bond donors (Lipinski definition) is 1. The van der Waals surface area contributed by atoms with E-state index in [9.17, 15) is 13.2 Å². The van der Waals surface area contributed by atoms with Crippen molar-refractivity contribution in [1.82, 2.24) is 0 Å². The van der Waals surface area contributed by atoms with Gasteiger partial charge in [-0.2, -0.15) is 5.26 Å². The summed E-state index contributed by atoms with van der Waals surface area (Å²) in [6.07, 6.45) is 1.43. The lowest BCUT2D eigenvalue weighted by atomic mass is 10.1. The van der Waals surface area contributed by atoms with Crippen molar-refractivity contribution in [3.63, 3.8) is 0 Å². The highest BCUT2D eigenvalue weighted by molar-refractivity contribution is 7.92. The third kappa shape index (κ3) is 3.66. The Morgan fingerprint density at radius 2 is 1.96 bits per heavy atom. The van der Waals surface area contributed by atoms with E-state index in [1.54, 1.807) is 30.3 Å². The highest BCUT2D eigenvalue weighted by atomic mass is 35.5. The molecule has 0 unspecified atom stereocenters. The Labute approximate surface area is 157 Å². The normalized spacial score (nSPS) is 15.9. The number of amides is 1. The zero-order valence-corrected chi connectivity index (χ0v) is 15.3. The van der Waals surface area contributed by atoms with Crippen LogP contribution in [0.25, 0.3) is 0 Å². The first-order valence-corrected chi connectivity index (χ1v) is 10.0. The molecule has 1 aliphatic rings. The number of para-hydroxylation sites is 1. The summed E-state index contributed by atoms with van der Waals surface area (Å²) in [5, 5.41) is 11.9. The second-order valence-electron chi connectivity index (χ2n) is 5.87. The Balaban J connectivity index is 1.86. The zero-order valence-electron chi connectivity index (χ0n) is 13.8. The topological polar surface area (TPSA) is 90.3 Å². The van der Waals surface area contributed by atoms with Crippen molar-refractivity contribution >= 4 is 38.9 Å². The molecule has 134 valence electrons. The third-order valence-electron chi connectivity index (χ3n) is 4.13. The Hall–Kier alpha value is -2.56. The Morgan fingerprint density at radius 1 is 1.19 bits per heavy atom. The van der Waals surface area contributed by atoms with Crippen LogP contribution in [0.3, 0.4) is 0 Å². The average Bonchev–Trinajstić information content (AvgIpc) is 2.61. The number of rotatable bonds is 3. The van der Waals surface area contributed by atoms with Crippen molar-refractivity contribution < 1.29 is 13.2 Å². The molecule has 0 atom stereocenters. The van der Waals surface area contributed by atoms with Crippen LogP contribution in [0, 0.1) is 11.3 Å². The van der Waals surface area contributed by atoms with Crippen molar-refractivity contribution in [3.8, 4) is 6.07 Å². The van der Waals surface area contributed by atoms with Crippen molar-refractivity contribution in [2.24, 2.45) is 0 Å². The SMILES string of the molecule is N#Cc1ccccc1NC(=O)c1ccc(N2CCCCS2(=O)=O)cc1Cl. The summed E-state index contributed by atoms with van der Waals surface area (Å²) >= 11 is 6.23. The molecule has 2 aromatic rings. The molecule has 6 nitrogen and oxygen atoms in total. The summed E-state index contributed by atoms with van der Waals surface area (Å²) in [5.41, 5.74) is 1.38. The smallest absolute Gasteiger partial charge is 0.257 e. The molecule has 0 saturated carbocycles. The van der Waals surface area contributed by atoms with Crippen LogP contribution in [-0.2, 0) is 10.0 Å². The highest BCUT2D eigenvalue weighted by Gasteiger charge is 2.26. The number of anilines is 2. The second kappa shape index (κ2) is 7.36. The maximum absolute atomic E-state index is 12.5. The summed E-state index contributed by atoms with van der Waals surface area (Å²) < 4.78 is 25.7. The van der Waals surface area contributed by atoms with E-state index in [0.717, 1.165) is 6.42 Å². The molecule has 1 N–H and O–H groups in total. The van der Waals surface area contributed by atoms with Gasteiger partial charge >= 0.3 is 0 Å². The molecule has 8 heteroatoms. The van der Waals surface area contributed by atoms with Gasteiger partial charge in [0, 0.05) is 6.54 Å². The van der Waals surface area contributed by atoms with Crippen LogP contribution >= 0.6 is 11.6 Å². The van der Waals surface area contributed by atoms with Gasteiger partial charge in [0.1, 0.15) is 6.07 Å². The quantitative estimate of drug-likeness (QED) is 0.871. The first-order chi connectivity index (χ1) is 12.4. The van der Waals surface area contributed by atoms with Gasteiger partial charge in [-0.25, -0.2) is 8.42 Å². The molecule has 0 spiro atoms. The van der Waals surface area contributed by atoms with Crippen molar-refractivity contribution in [2.45, 2.75) is 12.8 Å². The molecule has 1 amide bonds. The van der Waals surface area contributed by atoms with E-state index in [1.165, 1.54) is 16.4 Å². The lowest BCUT2D eigenvalue weighted by Crippen LogP contribution is -2.37. The number of halogens is 1. The van der Waals surface area contributed by atoms with Gasteiger partial charge < -0.3 is 5.32 Å². The van der Waals surface area contributed by atoms with E-state index >= 15 is 0 Å². The highest BCUT2D eigenvalue weighted by Crippen LogP contribution is 2.29. The van der Waals surface area contributed by atoms with Crippen LogP contribution in [0.4, 0.5) is 11.4 Å². The third-order valence-corrected chi connectivity index (χ3v) is 6.31. The van der Waals surface area contributed by atoms with E-state index < -0.39 is 15.9 Å². The van der Waals surface area contributed by atoms with Crippen LogP contribution < -0.4 is 9.62 Å². The van der Waals surface area contributed by atoms with Crippen molar-refractivity contribution in [3.05, 3.63) is 58.6 Å². The number of sulfonamides is 1. The minimum Gasteiger partial charge on any atom is -0.321 e. The molecule has 1 saturated heterocycles. The van der Waals surface area contributed by atoms with Crippen LogP contribution in [0.2, 0.25) is 5.02 Å². The summed E-state index contributed by atoms with van der Waals surface area (Å²) in [6.45, 7) is 0.403. The number of nitrogens with one attached hydrogen (secondary N) is 1. The number of nitrogens with zero attached hydrogens (tertiary/aromatic N) is 2. The van der Waals surface area contributed by atoms with Gasteiger partial charge in [0.25, 0.3) is 5.91 Å². The maximum Gasteiger partial charge on any atom is 0.257 e. The summed E-state index contributed by atoms with van der Waals surface area (Å²) in [5.74, 6) is -0.358. The number of carbonyl (C=O) groups is 1. The molecule has 0 aliphatic carbocycles. The van der Waals surface area contributed by atoms with E-state index in [1.807, 2.05) is 6.07 Å². The van der Waals surface area contributed by atoms with E-state index in [-0.39, 0.29) is 16.3 Å². The van der Waals surface area contributed by atoms with E-state index in [0.29, 0.717) is 29.9 Å². The minimum absolute atomic E-state index is 0.109. The Morgan fingerprint density at radius 3 is 2.65 bits per heavy atom. The predicted octanol–water partition coefficient (Wildman–Crippen LogP) is 3.39. The Kier molecular flexibility index (Phi) is 5.16. The van der Waals surface area contributed by atoms with Crippen LogP contribution in [0.1, 0.15) is 28.8 Å². The van der Waals surface area contributed by atoms with Crippen LogP contribution in [0.15, 0.2) is 42.5 Å². The molecule has 3 rings (SSSR count). The predicted molar refractivity (Wildman–Crippen MR) is 101 cm³/mol. The standard InChI is InChI=1S/C18H16ClN3O3S/c19-16-11-14(22-9-3-4-10-26(22,24)25)7-8-15(16)18(23)21-17-6-2-1-5-13(17)12-20/h1-2,5-8,11H,3-4,9-10H2,(H,21,23). The molecule has 1 fully saturated rings. The largest absolute Gasteiger partial charge is 0.321 e. The molecule has 1 aliphatic heterocycles. The first kappa shape index (κ1) is 18.2. The van der Waals surface area contributed by atoms with Gasteiger partial charge in [-0.05, 0) is 43.2 Å². The van der Waals surface area contributed by atoms with Crippen molar-refractivity contribution in [2.75, 3.05) is 21.9 Å². The fraction of sp³-hybridized carbons (Fsp3) is 0.222. The summed E-state index contributed by atoms with van der Waals surface area (Å²) in [6, 6.07) is 13.2. The second-order valence-corrected chi connectivity index (χ2v) is 8.29. The molecular formula is C18H16ClN3O3S. The number of carbonyl (C=O) groups excluding carboxylic acids is 1. The number of hydrogen-bond acceptors (Lipinski definition) is 4.